The molecule has 2 aromatic carbocycles. The fraction of sp³-hybridized carbons (Fsp3) is 0.125. The van der Waals surface area contributed by atoms with E-state index in [9.17, 15) is 9.90 Å². The summed E-state index contributed by atoms with van der Waals surface area (Å²) in [6.07, 6.45) is 0. The highest BCUT2D eigenvalue weighted by molar-refractivity contribution is 8.00. The van der Waals surface area contributed by atoms with E-state index < -0.39 is 11.2 Å². The molecule has 0 amide bonds. The zero-order chi connectivity index (χ0) is 14.8. The van der Waals surface area contributed by atoms with Gasteiger partial charge in [-0.25, -0.2) is 4.98 Å². The van der Waals surface area contributed by atoms with Crippen LogP contribution in [0.5, 0.6) is 0 Å². The van der Waals surface area contributed by atoms with Crippen LogP contribution in [-0.4, -0.2) is 15.9 Å². The fourth-order valence-corrected chi connectivity index (χ4v) is 3.08. The first kappa shape index (κ1) is 13.7. The van der Waals surface area contributed by atoms with Gasteiger partial charge in [0.25, 0.3) is 0 Å². The second kappa shape index (κ2) is 5.61. The molecule has 106 valence electrons. The maximum Gasteiger partial charge on any atom is 0.167 e. The number of carboxylic acids is 1. The van der Waals surface area contributed by atoms with Crippen LogP contribution in [0.4, 0.5) is 0 Å². The van der Waals surface area contributed by atoms with Crippen LogP contribution in [0.15, 0.2) is 53.7 Å². The normalized spacial score (nSPS) is 12.4. The molecular formula is C16H13N2O2S-. The maximum absolute atomic E-state index is 11.4. The van der Waals surface area contributed by atoms with Crippen molar-refractivity contribution >= 4 is 28.8 Å². The number of carbonyl (C=O) groups is 1. The first-order chi connectivity index (χ1) is 10.1. The van der Waals surface area contributed by atoms with E-state index in [1.807, 2.05) is 43.3 Å². The van der Waals surface area contributed by atoms with Crippen molar-refractivity contribution in [1.29, 1.82) is 0 Å². The Kier molecular flexibility index (Phi) is 3.66. The number of aromatic amines is 1. The molecule has 1 aromatic heterocycles. The Morgan fingerprint density at radius 1 is 1.24 bits per heavy atom. The van der Waals surface area contributed by atoms with E-state index >= 15 is 0 Å². The van der Waals surface area contributed by atoms with Crippen molar-refractivity contribution in [1.82, 2.24) is 9.97 Å². The molecule has 0 aliphatic carbocycles. The summed E-state index contributed by atoms with van der Waals surface area (Å²) in [6, 6.07) is 14.9. The molecule has 1 N–H and O–H groups in total. The number of carbonyl (C=O) groups excluding carboxylic acids is 1. The van der Waals surface area contributed by atoms with E-state index in [1.54, 1.807) is 12.1 Å². The monoisotopic (exact) mass is 297 g/mol. The second-order valence-corrected chi connectivity index (χ2v) is 5.88. The molecule has 3 rings (SSSR count). The topological polar surface area (TPSA) is 68.8 Å². The Balaban J connectivity index is 1.93. The third kappa shape index (κ3) is 2.92. The number of nitrogens with zero attached hydrogens (tertiary/aromatic N) is 1. The lowest BCUT2D eigenvalue weighted by atomic mass is 10.1. The molecule has 0 radical (unpaired) electrons. The Morgan fingerprint density at radius 2 is 2.00 bits per heavy atom. The van der Waals surface area contributed by atoms with Gasteiger partial charge in [-0.05, 0) is 30.2 Å². The summed E-state index contributed by atoms with van der Waals surface area (Å²) in [6.45, 7) is 2.00. The van der Waals surface area contributed by atoms with Crippen molar-refractivity contribution in [2.24, 2.45) is 0 Å². The SMILES string of the molecule is Cc1ccc2nc(S[C@H](C(=O)[O-])c3ccccc3)[nH]c2c1. The summed E-state index contributed by atoms with van der Waals surface area (Å²) in [5, 5.41) is 11.2. The molecule has 1 atom stereocenters. The summed E-state index contributed by atoms with van der Waals surface area (Å²) in [5.74, 6) is -1.12. The summed E-state index contributed by atoms with van der Waals surface area (Å²) >= 11 is 1.15. The van der Waals surface area contributed by atoms with Gasteiger partial charge in [0.15, 0.2) is 5.16 Å². The van der Waals surface area contributed by atoms with Crippen LogP contribution in [0.3, 0.4) is 0 Å². The Hall–Kier alpha value is -2.27. The maximum atomic E-state index is 11.4. The lowest BCUT2D eigenvalue weighted by molar-refractivity contribution is -0.305. The molecule has 5 heteroatoms. The highest BCUT2D eigenvalue weighted by atomic mass is 32.2. The van der Waals surface area contributed by atoms with Crippen LogP contribution < -0.4 is 5.11 Å². The van der Waals surface area contributed by atoms with E-state index in [-0.39, 0.29) is 0 Å². The highest BCUT2D eigenvalue weighted by Crippen LogP contribution is 2.34. The molecule has 0 saturated carbocycles. The van der Waals surface area contributed by atoms with E-state index in [4.69, 9.17) is 0 Å². The fourth-order valence-electron chi connectivity index (χ4n) is 2.15. The number of H-pyrrole nitrogens is 1. The average molecular weight is 297 g/mol. The van der Waals surface area contributed by atoms with Gasteiger partial charge in [0.05, 0.1) is 22.3 Å². The number of hydrogen-bond donors (Lipinski definition) is 1. The number of carboxylic acid groups (broad SMARTS) is 1. The number of fused-ring (bicyclic) bond motifs is 1. The quantitative estimate of drug-likeness (QED) is 0.751. The van der Waals surface area contributed by atoms with Gasteiger partial charge in [-0.2, -0.15) is 0 Å². The van der Waals surface area contributed by atoms with Crippen molar-refractivity contribution in [2.45, 2.75) is 17.3 Å². The molecule has 0 fully saturated rings. The predicted molar refractivity (Wildman–Crippen MR) is 80.9 cm³/mol. The van der Waals surface area contributed by atoms with Gasteiger partial charge in [0.1, 0.15) is 0 Å². The average Bonchev–Trinajstić information content (AvgIpc) is 2.87. The Morgan fingerprint density at radius 3 is 2.71 bits per heavy atom. The first-order valence-electron chi connectivity index (χ1n) is 6.52. The van der Waals surface area contributed by atoms with Crippen LogP contribution >= 0.6 is 11.8 Å². The minimum absolute atomic E-state index is 0.577. The van der Waals surface area contributed by atoms with Gasteiger partial charge in [-0.15, -0.1) is 0 Å². The van der Waals surface area contributed by atoms with Crippen LogP contribution in [0.1, 0.15) is 16.4 Å². The van der Waals surface area contributed by atoms with Gasteiger partial charge in [-0.1, -0.05) is 48.2 Å². The molecule has 0 saturated heterocycles. The number of rotatable bonds is 4. The van der Waals surface area contributed by atoms with Crippen LogP contribution in [0, 0.1) is 6.92 Å². The minimum Gasteiger partial charge on any atom is -0.549 e. The zero-order valence-corrected chi connectivity index (χ0v) is 12.2. The smallest absolute Gasteiger partial charge is 0.167 e. The molecule has 1 heterocycles. The van der Waals surface area contributed by atoms with Crippen LogP contribution in [0.2, 0.25) is 0 Å². The van der Waals surface area contributed by atoms with E-state index in [0.717, 1.165) is 28.4 Å². The summed E-state index contributed by atoms with van der Waals surface area (Å²) < 4.78 is 0. The molecule has 0 bridgehead atoms. The minimum atomic E-state index is -1.12. The number of hydrogen-bond acceptors (Lipinski definition) is 4. The molecule has 3 aromatic rings. The van der Waals surface area contributed by atoms with Gasteiger partial charge >= 0.3 is 0 Å². The summed E-state index contributed by atoms with van der Waals surface area (Å²) in [5.41, 5.74) is 3.55. The lowest BCUT2D eigenvalue weighted by Crippen LogP contribution is -2.28. The van der Waals surface area contributed by atoms with Gasteiger partial charge < -0.3 is 14.9 Å². The number of aliphatic carboxylic acids is 1. The molecular weight excluding hydrogens is 284 g/mol. The van der Waals surface area contributed by atoms with Crippen molar-refractivity contribution in [3.8, 4) is 0 Å². The molecule has 4 nitrogen and oxygen atoms in total. The van der Waals surface area contributed by atoms with E-state index in [0.29, 0.717) is 10.7 Å². The largest absolute Gasteiger partial charge is 0.549 e. The van der Waals surface area contributed by atoms with Gasteiger partial charge in [0.2, 0.25) is 0 Å². The van der Waals surface area contributed by atoms with E-state index in [2.05, 4.69) is 9.97 Å². The Labute approximate surface area is 126 Å². The number of imidazole rings is 1. The summed E-state index contributed by atoms with van der Waals surface area (Å²) in [7, 11) is 0. The highest BCUT2D eigenvalue weighted by Gasteiger charge is 2.16. The third-order valence-corrected chi connectivity index (χ3v) is 4.28. The van der Waals surface area contributed by atoms with Crippen LogP contribution in [-0.2, 0) is 4.79 Å². The molecule has 0 aliphatic heterocycles. The van der Waals surface area contributed by atoms with Crippen LogP contribution in [0.25, 0.3) is 11.0 Å². The number of thioether (sulfide) groups is 1. The number of aryl methyl sites for hydroxylation is 1. The second-order valence-electron chi connectivity index (χ2n) is 4.79. The summed E-state index contributed by atoms with van der Waals surface area (Å²) in [4.78, 5) is 19.0. The number of nitrogens with one attached hydrogen (secondary N) is 1. The standard InChI is InChI=1S/C16H14N2O2S/c1-10-7-8-12-13(9-10)18-16(17-12)21-14(15(19)20)11-5-3-2-4-6-11/h2-9,14H,1H3,(H,17,18)(H,19,20)/p-1/t14-/m0/s1. The van der Waals surface area contributed by atoms with Gasteiger partial charge in [-0.3, -0.25) is 0 Å². The number of aromatic nitrogens is 2. The lowest BCUT2D eigenvalue weighted by Gasteiger charge is -2.16. The number of benzene rings is 2. The molecule has 21 heavy (non-hydrogen) atoms. The van der Waals surface area contributed by atoms with E-state index in [1.165, 1.54) is 0 Å². The Bertz CT molecular complexity index is 783. The molecule has 0 unspecified atom stereocenters. The molecule has 0 aliphatic rings. The zero-order valence-electron chi connectivity index (χ0n) is 11.4. The van der Waals surface area contributed by atoms with Gasteiger partial charge in [0, 0.05) is 0 Å². The first-order valence-corrected chi connectivity index (χ1v) is 7.40. The van der Waals surface area contributed by atoms with Crippen molar-refractivity contribution in [3.05, 3.63) is 59.7 Å². The third-order valence-electron chi connectivity index (χ3n) is 3.16. The van der Waals surface area contributed by atoms with Crippen molar-refractivity contribution in [2.75, 3.05) is 0 Å². The predicted octanol–water partition coefficient (Wildman–Crippen LogP) is 2.45. The molecule has 0 spiro atoms. The van der Waals surface area contributed by atoms with Crippen molar-refractivity contribution in [3.63, 3.8) is 0 Å². The van der Waals surface area contributed by atoms with Crippen molar-refractivity contribution < 1.29 is 9.90 Å².